The van der Waals surface area contributed by atoms with E-state index in [4.69, 9.17) is 0 Å². The fourth-order valence-electron chi connectivity index (χ4n) is 1.83. The van der Waals surface area contributed by atoms with Crippen LogP contribution in [0.5, 0.6) is 5.88 Å². The van der Waals surface area contributed by atoms with Crippen molar-refractivity contribution in [3.8, 4) is 5.88 Å². The zero-order valence-corrected chi connectivity index (χ0v) is 9.79. The Morgan fingerprint density at radius 1 is 1.16 bits per heavy atom. The first-order valence-electron chi connectivity index (χ1n) is 5.65. The number of aromatic hydroxyl groups is 1. The summed E-state index contributed by atoms with van der Waals surface area (Å²) < 4.78 is 0. The van der Waals surface area contributed by atoms with Crippen LogP contribution >= 0.6 is 0 Å². The molecule has 0 atom stereocenters. The Morgan fingerprint density at radius 2 is 2.00 bits per heavy atom. The number of para-hydroxylation sites is 1. The maximum absolute atomic E-state index is 11.7. The normalized spacial score (nSPS) is 11.4. The summed E-state index contributed by atoms with van der Waals surface area (Å²) in [5, 5.41) is 17.9. The lowest BCUT2D eigenvalue weighted by Gasteiger charge is -1.91. The van der Waals surface area contributed by atoms with Crippen molar-refractivity contribution in [3.05, 3.63) is 48.3 Å². The number of benzene rings is 1. The van der Waals surface area contributed by atoms with E-state index in [0.29, 0.717) is 11.1 Å². The van der Waals surface area contributed by atoms with Crippen LogP contribution in [0.15, 0.2) is 52.8 Å². The van der Waals surface area contributed by atoms with E-state index in [1.165, 1.54) is 0 Å². The van der Waals surface area contributed by atoms with Gasteiger partial charge in [-0.25, -0.2) is 0 Å². The van der Waals surface area contributed by atoms with E-state index in [1.54, 1.807) is 30.5 Å². The van der Waals surface area contributed by atoms with E-state index < -0.39 is 5.91 Å². The Labute approximate surface area is 107 Å². The number of azo groups is 1. The lowest BCUT2D eigenvalue weighted by molar-refractivity contribution is 0.0991. The van der Waals surface area contributed by atoms with Crippen LogP contribution in [-0.2, 0) is 0 Å². The summed E-state index contributed by atoms with van der Waals surface area (Å²) in [4.78, 5) is 17.2. The number of hydrogen-bond donors (Lipinski definition) is 3. The Hall–Kier alpha value is -2.89. The van der Waals surface area contributed by atoms with Gasteiger partial charge in [0.2, 0.25) is 5.88 Å². The average molecular weight is 254 g/mol. The van der Waals surface area contributed by atoms with Crippen molar-refractivity contribution >= 4 is 22.5 Å². The van der Waals surface area contributed by atoms with E-state index in [0.717, 1.165) is 5.52 Å². The number of amides is 1. The van der Waals surface area contributed by atoms with Crippen molar-refractivity contribution in [2.45, 2.75) is 0 Å². The molecular formula is C13H10N4O2. The van der Waals surface area contributed by atoms with Gasteiger partial charge in [-0.1, -0.05) is 18.2 Å². The summed E-state index contributed by atoms with van der Waals surface area (Å²) in [6, 6.07) is 10.6. The second kappa shape index (κ2) is 4.41. The standard InChI is InChI=1S/C13H10N4O2/c18-12(10-6-3-7-14-10)17-16-11-8-4-1-2-5-9(8)15-13(11)19/h1-7,14-15,19H. The molecule has 1 amide bonds. The second-order valence-electron chi connectivity index (χ2n) is 3.96. The molecule has 0 bridgehead atoms. The SMILES string of the molecule is O=C(N=Nc1c(O)[nH]c2ccccc12)c1ccc[nH]1. The highest BCUT2D eigenvalue weighted by atomic mass is 16.3. The summed E-state index contributed by atoms with van der Waals surface area (Å²) >= 11 is 0. The molecule has 0 unspecified atom stereocenters. The van der Waals surface area contributed by atoms with Crippen LogP contribution in [0.2, 0.25) is 0 Å². The Bertz CT molecular complexity index is 756. The molecule has 6 heteroatoms. The monoisotopic (exact) mass is 254 g/mol. The van der Waals surface area contributed by atoms with Crippen LogP contribution < -0.4 is 0 Å². The van der Waals surface area contributed by atoms with E-state index >= 15 is 0 Å². The van der Waals surface area contributed by atoms with Crippen LogP contribution in [0, 0.1) is 0 Å². The Morgan fingerprint density at radius 3 is 2.79 bits per heavy atom. The molecule has 0 aliphatic rings. The molecule has 19 heavy (non-hydrogen) atoms. The molecule has 0 saturated heterocycles. The third kappa shape index (κ3) is 1.99. The molecule has 0 spiro atoms. The summed E-state index contributed by atoms with van der Waals surface area (Å²) in [7, 11) is 0. The second-order valence-corrected chi connectivity index (χ2v) is 3.96. The van der Waals surface area contributed by atoms with Gasteiger partial charge < -0.3 is 15.1 Å². The van der Waals surface area contributed by atoms with Crippen molar-refractivity contribution in [2.75, 3.05) is 0 Å². The summed E-state index contributed by atoms with van der Waals surface area (Å²) in [6.45, 7) is 0. The highest BCUT2D eigenvalue weighted by Crippen LogP contribution is 2.35. The summed E-state index contributed by atoms with van der Waals surface area (Å²) in [6.07, 6.45) is 1.63. The smallest absolute Gasteiger partial charge is 0.311 e. The predicted molar refractivity (Wildman–Crippen MR) is 69.6 cm³/mol. The van der Waals surface area contributed by atoms with Crippen molar-refractivity contribution < 1.29 is 9.90 Å². The fourth-order valence-corrected chi connectivity index (χ4v) is 1.83. The number of fused-ring (bicyclic) bond motifs is 1. The molecule has 2 aromatic heterocycles. The third-order valence-corrected chi connectivity index (χ3v) is 2.73. The van der Waals surface area contributed by atoms with Crippen LogP contribution in [0.25, 0.3) is 10.9 Å². The molecule has 3 N–H and O–H groups in total. The zero-order valence-electron chi connectivity index (χ0n) is 9.79. The van der Waals surface area contributed by atoms with Crippen molar-refractivity contribution in [3.63, 3.8) is 0 Å². The molecule has 94 valence electrons. The number of aromatic nitrogens is 2. The van der Waals surface area contributed by atoms with Gasteiger partial charge in [-0.3, -0.25) is 4.79 Å². The molecule has 0 saturated carbocycles. The van der Waals surface area contributed by atoms with Crippen molar-refractivity contribution in [1.82, 2.24) is 9.97 Å². The fraction of sp³-hybridized carbons (Fsp3) is 0. The van der Waals surface area contributed by atoms with E-state index in [1.807, 2.05) is 12.1 Å². The molecular weight excluding hydrogens is 244 g/mol. The predicted octanol–water partition coefficient (Wildman–Crippen LogP) is 3.13. The van der Waals surface area contributed by atoms with Crippen LogP contribution in [0.4, 0.5) is 5.69 Å². The first-order valence-corrected chi connectivity index (χ1v) is 5.65. The lowest BCUT2D eigenvalue weighted by atomic mass is 10.2. The van der Waals surface area contributed by atoms with E-state index in [2.05, 4.69) is 20.2 Å². The number of carbonyl (C=O) groups excluding carboxylic acids is 1. The van der Waals surface area contributed by atoms with Gasteiger partial charge in [-0.2, -0.15) is 0 Å². The third-order valence-electron chi connectivity index (χ3n) is 2.73. The quantitative estimate of drug-likeness (QED) is 0.613. The Kier molecular flexibility index (Phi) is 2.60. The van der Waals surface area contributed by atoms with Gasteiger partial charge in [0, 0.05) is 11.6 Å². The van der Waals surface area contributed by atoms with Gasteiger partial charge in [-0.05, 0) is 18.2 Å². The first kappa shape index (κ1) is 11.2. The van der Waals surface area contributed by atoms with Crippen molar-refractivity contribution in [1.29, 1.82) is 0 Å². The van der Waals surface area contributed by atoms with Crippen LogP contribution in [0.1, 0.15) is 10.5 Å². The number of nitrogens with zero attached hydrogens (tertiary/aromatic N) is 2. The highest BCUT2D eigenvalue weighted by molar-refractivity contribution is 5.96. The molecule has 1 aromatic carbocycles. The Balaban J connectivity index is 1.97. The first-order chi connectivity index (χ1) is 9.25. The molecule has 0 aliphatic heterocycles. The molecule has 0 aliphatic carbocycles. The minimum atomic E-state index is -0.491. The number of hydrogen-bond acceptors (Lipinski definition) is 3. The van der Waals surface area contributed by atoms with Crippen LogP contribution in [-0.4, -0.2) is 21.0 Å². The van der Waals surface area contributed by atoms with Gasteiger partial charge in [0.25, 0.3) is 0 Å². The topological polar surface area (TPSA) is 93.6 Å². The number of aromatic amines is 2. The van der Waals surface area contributed by atoms with Gasteiger partial charge in [0.1, 0.15) is 5.69 Å². The molecule has 2 heterocycles. The number of rotatable bonds is 2. The summed E-state index contributed by atoms with van der Waals surface area (Å²) in [5.41, 5.74) is 1.35. The zero-order chi connectivity index (χ0) is 13.2. The largest absolute Gasteiger partial charge is 0.493 e. The van der Waals surface area contributed by atoms with E-state index in [9.17, 15) is 9.90 Å². The van der Waals surface area contributed by atoms with Crippen molar-refractivity contribution in [2.24, 2.45) is 10.2 Å². The summed E-state index contributed by atoms with van der Waals surface area (Å²) in [5.74, 6) is -0.598. The maximum atomic E-state index is 11.7. The molecule has 6 nitrogen and oxygen atoms in total. The van der Waals surface area contributed by atoms with Gasteiger partial charge in [0.15, 0.2) is 5.69 Å². The molecule has 0 radical (unpaired) electrons. The number of nitrogens with one attached hydrogen (secondary N) is 2. The minimum absolute atomic E-state index is 0.107. The minimum Gasteiger partial charge on any atom is -0.493 e. The molecule has 0 fully saturated rings. The maximum Gasteiger partial charge on any atom is 0.311 e. The van der Waals surface area contributed by atoms with Gasteiger partial charge in [0.05, 0.1) is 5.52 Å². The number of H-pyrrole nitrogens is 2. The van der Waals surface area contributed by atoms with Gasteiger partial charge >= 0.3 is 5.91 Å². The average Bonchev–Trinajstić information content (AvgIpc) is 3.03. The molecule has 3 aromatic rings. The molecule has 3 rings (SSSR count). The highest BCUT2D eigenvalue weighted by Gasteiger charge is 2.10. The van der Waals surface area contributed by atoms with E-state index in [-0.39, 0.29) is 11.6 Å². The van der Waals surface area contributed by atoms with Gasteiger partial charge in [-0.15, -0.1) is 10.2 Å². The van der Waals surface area contributed by atoms with Crippen LogP contribution in [0.3, 0.4) is 0 Å². The number of carbonyl (C=O) groups is 1. The lowest BCUT2D eigenvalue weighted by Crippen LogP contribution is -1.92.